The molecule has 2 aromatic carbocycles. The highest BCUT2D eigenvalue weighted by atomic mass is 16.5. The normalized spacial score (nSPS) is 10.4. The topological polar surface area (TPSA) is 9.23 Å². The van der Waals surface area contributed by atoms with E-state index < -0.39 is 0 Å². The van der Waals surface area contributed by atoms with Crippen LogP contribution in [0.5, 0.6) is 11.5 Å². The van der Waals surface area contributed by atoms with Gasteiger partial charge in [0.25, 0.3) is 0 Å². The molecule has 19 heavy (non-hydrogen) atoms. The molecule has 2 rings (SSSR count). The second kappa shape index (κ2) is 6.98. The largest absolute Gasteiger partial charge is 0.457 e. The molecular formula is C18H22O. The number of benzene rings is 2. The van der Waals surface area contributed by atoms with Crippen LogP contribution in [0.1, 0.15) is 37.3 Å². The van der Waals surface area contributed by atoms with Gasteiger partial charge in [0.05, 0.1) is 0 Å². The van der Waals surface area contributed by atoms with Crippen LogP contribution in [0.25, 0.3) is 0 Å². The molecule has 2 aromatic rings. The minimum absolute atomic E-state index is 0.907. The maximum absolute atomic E-state index is 6.02. The quantitative estimate of drug-likeness (QED) is 0.617. The Bertz CT molecular complexity index is 502. The average molecular weight is 254 g/mol. The fraction of sp³-hybridized carbons (Fsp3) is 0.333. The standard InChI is InChI=1S/C18H22O/c1-3-4-6-13-17-15(2)10-9-14-18(17)19-16-11-7-5-8-12-16/h5,7-12,14H,3-4,6,13H2,1-2H3. The summed E-state index contributed by atoms with van der Waals surface area (Å²) in [5.74, 6) is 1.91. The molecule has 0 N–H and O–H groups in total. The lowest BCUT2D eigenvalue weighted by Crippen LogP contribution is -1.95. The van der Waals surface area contributed by atoms with Crippen LogP contribution in [0.15, 0.2) is 48.5 Å². The van der Waals surface area contributed by atoms with Gasteiger partial charge < -0.3 is 4.74 Å². The summed E-state index contributed by atoms with van der Waals surface area (Å²) in [5.41, 5.74) is 2.67. The van der Waals surface area contributed by atoms with Gasteiger partial charge in [0.2, 0.25) is 0 Å². The molecule has 0 saturated carbocycles. The van der Waals surface area contributed by atoms with Gasteiger partial charge in [-0.15, -0.1) is 0 Å². The summed E-state index contributed by atoms with van der Waals surface area (Å²) in [5, 5.41) is 0. The smallest absolute Gasteiger partial charge is 0.130 e. The third-order valence-electron chi connectivity index (χ3n) is 3.37. The van der Waals surface area contributed by atoms with Gasteiger partial charge in [-0.3, -0.25) is 0 Å². The van der Waals surface area contributed by atoms with E-state index >= 15 is 0 Å². The van der Waals surface area contributed by atoms with E-state index in [9.17, 15) is 0 Å². The zero-order valence-electron chi connectivity index (χ0n) is 11.9. The summed E-state index contributed by atoms with van der Waals surface area (Å²) in [6.07, 6.45) is 4.86. The Balaban J connectivity index is 2.17. The number of para-hydroxylation sites is 1. The minimum atomic E-state index is 0.907. The number of aryl methyl sites for hydroxylation is 1. The minimum Gasteiger partial charge on any atom is -0.457 e. The van der Waals surface area contributed by atoms with Gasteiger partial charge in [-0.2, -0.15) is 0 Å². The Morgan fingerprint density at radius 1 is 0.895 bits per heavy atom. The van der Waals surface area contributed by atoms with E-state index in [0.717, 1.165) is 17.9 Å². The van der Waals surface area contributed by atoms with E-state index in [4.69, 9.17) is 4.74 Å². The highest BCUT2D eigenvalue weighted by Crippen LogP contribution is 2.28. The van der Waals surface area contributed by atoms with Crippen molar-refractivity contribution in [3.05, 3.63) is 59.7 Å². The molecule has 1 nitrogen and oxygen atoms in total. The van der Waals surface area contributed by atoms with Crippen molar-refractivity contribution >= 4 is 0 Å². The summed E-state index contributed by atoms with van der Waals surface area (Å²) >= 11 is 0. The molecule has 0 bridgehead atoms. The SMILES string of the molecule is CCCCCc1c(C)cccc1Oc1ccccc1. The molecule has 1 heteroatoms. The van der Waals surface area contributed by atoms with E-state index in [0.29, 0.717) is 0 Å². The molecule has 0 saturated heterocycles. The molecule has 0 fully saturated rings. The van der Waals surface area contributed by atoms with Crippen LogP contribution in [0, 0.1) is 6.92 Å². The number of unbranched alkanes of at least 4 members (excludes halogenated alkanes) is 2. The van der Waals surface area contributed by atoms with Crippen molar-refractivity contribution in [2.24, 2.45) is 0 Å². The van der Waals surface area contributed by atoms with Crippen molar-refractivity contribution in [2.75, 3.05) is 0 Å². The molecule has 0 aliphatic heterocycles. The first-order chi connectivity index (χ1) is 9.31. The van der Waals surface area contributed by atoms with Gasteiger partial charge in [-0.25, -0.2) is 0 Å². The number of hydrogen-bond acceptors (Lipinski definition) is 1. The molecule has 0 heterocycles. The van der Waals surface area contributed by atoms with E-state index in [-0.39, 0.29) is 0 Å². The van der Waals surface area contributed by atoms with Crippen molar-refractivity contribution in [3.63, 3.8) is 0 Å². The van der Waals surface area contributed by atoms with Gasteiger partial charge in [-0.1, -0.05) is 50.1 Å². The summed E-state index contributed by atoms with van der Waals surface area (Å²) < 4.78 is 6.02. The van der Waals surface area contributed by atoms with Crippen molar-refractivity contribution in [2.45, 2.75) is 39.5 Å². The Morgan fingerprint density at radius 3 is 2.42 bits per heavy atom. The summed E-state index contributed by atoms with van der Waals surface area (Å²) in [7, 11) is 0. The molecule has 0 atom stereocenters. The molecule has 0 aliphatic rings. The lowest BCUT2D eigenvalue weighted by Gasteiger charge is -2.13. The van der Waals surface area contributed by atoms with Crippen LogP contribution in [0.4, 0.5) is 0 Å². The molecule has 100 valence electrons. The van der Waals surface area contributed by atoms with Gasteiger partial charge in [-0.05, 0) is 49.1 Å². The Labute approximate surface area is 116 Å². The van der Waals surface area contributed by atoms with Gasteiger partial charge in [0.15, 0.2) is 0 Å². The monoisotopic (exact) mass is 254 g/mol. The first-order valence-corrected chi connectivity index (χ1v) is 7.12. The number of ether oxygens (including phenoxy) is 1. The second-order valence-electron chi connectivity index (χ2n) is 4.92. The Kier molecular flexibility index (Phi) is 5.02. The molecule has 0 aliphatic carbocycles. The zero-order valence-corrected chi connectivity index (χ0v) is 11.9. The van der Waals surface area contributed by atoms with Crippen molar-refractivity contribution in [3.8, 4) is 11.5 Å². The molecular weight excluding hydrogens is 232 g/mol. The molecule has 0 radical (unpaired) electrons. The fourth-order valence-corrected chi connectivity index (χ4v) is 2.26. The summed E-state index contributed by atoms with van der Waals surface area (Å²) in [6.45, 7) is 4.40. The summed E-state index contributed by atoms with van der Waals surface area (Å²) in [4.78, 5) is 0. The van der Waals surface area contributed by atoms with Crippen LogP contribution in [-0.4, -0.2) is 0 Å². The maximum atomic E-state index is 6.02. The summed E-state index contributed by atoms with van der Waals surface area (Å²) in [6, 6.07) is 16.3. The van der Waals surface area contributed by atoms with Crippen LogP contribution >= 0.6 is 0 Å². The van der Waals surface area contributed by atoms with Crippen LogP contribution in [0.3, 0.4) is 0 Å². The number of rotatable bonds is 6. The molecule has 0 amide bonds. The van der Waals surface area contributed by atoms with Crippen molar-refractivity contribution in [1.29, 1.82) is 0 Å². The fourth-order valence-electron chi connectivity index (χ4n) is 2.26. The van der Waals surface area contributed by atoms with Crippen molar-refractivity contribution in [1.82, 2.24) is 0 Å². The van der Waals surface area contributed by atoms with Crippen LogP contribution in [-0.2, 0) is 6.42 Å². The predicted octanol–water partition coefficient (Wildman–Crippen LogP) is 5.52. The third kappa shape index (κ3) is 3.85. The first-order valence-electron chi connectivity index (χ1n) is 7.12. The lowest BCUT2D eigenvalue weighted by molar-refractivity contribution is 0.474. The van der Waals surface area contributed by atoms with Crippen LogP contribution in [0.2, 0.25) is 0 Å². The lowest BCUT2D eigenvalue weighted by atomic mass is 10.0. The van der Waals surface area contributed by atoms with E-state index in [1.807, 2.05) is 30.3 Å². The van der Waals surface area contributed by atoms with E-state index in [1.54, 1.807) is 0 Å². The number of hydrogen-bond donors (Lipinski definition) is 0. The zero-order chi connectivity index (χ0) is 13.5. The van der Waals surface area contributed by atoms with Gasteiger partial charge in [0, 0.05) is 0 Å². The highest BCUT2D eigenvalue weighted by molar-refractivity contribution is 5.42. The first kappa shape index (κ1) is 13.7. The predicted molar refractivity (Wildman–Crippen MR) is 80.9 cm³/mol. The van der Waals surface area contributed by atoms with E-state index in [1.165, 1.54) is 30.4 Å². The highest BCUT2D eigenvalue weighted by Gasteiger charge is 2.07. The van der Waals surface area contributed by atoms with Gasteiger partial charge in [0.1, 0.15) is 11.5 Å². The van der Waals surface area contributed by atoms with Crippen LogP contribution < -0.4 is 4.74 Å². The van der Waals surface area contributed by atoms with Gasteiger partial charge >= 0.3 is 0 Å². The maximum Gasteiger partial charge on any atom is 0.130 e. The molecule has 0 spiro atoms. The Morgan fingerprint density at radius 2 is 1.68 bits per heavy atom. The third-order valence-corrected chi connectivity index (χ3v) is 3.37. The molecule has 0 aromatic heterocycles. The Hall–Kier alpha value is -1.76. The van der Waals surface area contributed by atoms with Crippen molar-refractivity contribution < 1.29 is 4.74 Å². The molecule has 0 unspecified atom stereocenters. The average Bonchev–Trinajstić information content (AvgIpc) is 2.43. The van der Waals surface area contributed by atoms with E-state index in [2.05, 4.69) is 32.0 Å². The second-order valence-corrected chi connectivity index (χ2v) is 4.92.